The summed E-state index contributed by atoms with van der Waals surface area (Å²) < 4.78 is 19.9. The fraction of sp³-hybridized carbons (Fsp3) is 0.647. The Morgan fingerprint density at radius 2 is 0.895 bits per heavy atom. The predicted octanol–water partition coefficient (Wildman–Crippen LogP) is 10.5. The van der Waals surface area contributed by atoms with Crippen molar-refractivity contribution >= 4 is 8.60 Å². The van der Waals surface area contributed by atoms with Gasteiger partial charge in [0.25, 0.3) is 0 Å². The van der Waals surface area contributed by atoms with E-state index in [2.05, 4.69) is 91.8 Å². The third-order valence-electron chi connectivity index (χ3n) is 6.78. The van der Waals surface area contributed by atoms with Crippen LogP contribution in [-0.4, -0.2) is 6.10 Å². The van der Waals surface area contributed by atoms with Gasteiger partial charge < -0.3 is 9.05 Å². The van der Waals surface area contributed by atoms with E-state index in [9.17, 15) is 0 Å². The van der Waals surface area contributed by atoms with Crippen LogP contribution in [0.1, 0.15) is 110 Å². The molecule has 0 aliphatic heterocycles. The summed E-state index contributed by atoms with van der Waals surface area (Å²) >= 11 is 0. The molecule has 0 N–H and O–H groups in total. The Bertz CT molecular complexity index is 850. The molecule has 0 unspecified atom stereocenters. The Balaban J connectivity index is 1.91. The highest BCUT2D eigenvalue weighted by Gasteiger charge is 2.26. The topological polar surface area (TPSA) is 27.7 Å². The zero-order valence-corrected chi connectivity index (χ0v) is 26.3. The molecule has 0 radical (unpaired) electrons. The molecular weight excluding hydrogens is 487 g/mol. The van der Waals surface area contributed by atoms with Crippen molar-refractivity contribution in [2.75, 3.05) is 0 Å². The molecule has 3 rings (SSSR count). The minimum absolute atomic E-state index is 0.206. The summed E-state index contributed by atoms with van der Waals surface area (Å²) in [7, 11) is -1.57. The number of hydrogen-bond donors (Lipinski definition) is 0. The monoisotopic (exact) mass is 540 g/mol. The molecule has 1 fully saturated rings. The van der Waals surface area contributed by atoms with Crippen LogP contribution in [0, 0.1) is 23.7 Å². The number of hydrogen-bond acceptors (Lipinski definition) is 3. The Morgan fingerprint density at radius 1 is 0.553 bits per heavy atom. The van der Waals surface area contributed by atoms with Crippen LogP contribution in [0.4, 0.5) is 0 Å². The fourth-order valence-electron chi connectivity index (χ4n) is 5.45. The van der Waals surface area contributed by atoms with Gasteiger partial charge in [0.15, 0.2) is 0 Å². The van der Waals surface area contributed by atoms with Gasteiger partial charge in [0.05, 0.1) is 6.10 Å². The first-order valence-electron chi connectivity index (χ1n) is 15.1. The van der Waals surface area contributed by atoms with Gasteiger partial charge in [-0.2, -0.15) is 0 Å². The maximum Gasteiger partial charge on any atom is 0.463 e. The molecule has 1 saturated carbocycles. The Labute approximate surface area is 235 Å². The summed E-state index contributed by atoms with van der Waals surface area (Å²) in [5, 5.41) is 0. The molecule has 0 saturated heterocycles. The lowest BCUT2D eigenvalue weighted by atomic mass is 9.96. The summed E-state index contributed by atoms with van der Waals surface area (Å²) in [5.41, 5.74) is 5.33. The van der Waals surface area contributed by atoms with Crippen molar-refractivity contribution in [3.63, 3.8) is 0 Å². The molecule has 2 aromatic rings. The molecule has 4 heteroatoms. The minimum Gasteiger partial charge on any atom is -0.418 e. The van der Waals surface area contributed by atoms with Gasteiger partial charge in [-0.3, -0.25) is 4.52 Å². The van der Waals surface area contributed by atoms with Crippen molar-refractivity contribution < 1.29 is 13.6 Å². The molecule has 1 aliphatic carbocycles. The van der Waals surface area contributed by atoms with Crippen LogP contribution in [0.3, 0.4) is 0 Å². The van der Waals surface area contributed by atoms with E-state index in [1.807, 2.05) is 0 Å². The van der Waals surface area contributed by atoms with Crippen LogP contribution >= 0.6 is 8.60 Å². The summed E-state index contributed by atoms with van der Waals surface area (Å²) in [5.74, 6) is 4.13. The van der Waals surface area contributed by atoms with Crippen molar-refractivity contribution in [1.82, 2.24) is 0 Å². The van der Waals surface area contributed by atoms with Crippen LogP contribution in [0.25, 0.3) is 0 Å². The second-order valence-electron chi connectivity index (χ2n) is 13.1. The second-order valence-corrected chi connectivity index (χ2v) is 14.2. The normalized spacial score (nSPS) is 14.9. The standard InChI is InChI=1S/C34H53O3P/c1-24(2)14-28-18-29(15-25(3)4)21-33(20-28)36-38(35-32-12-10-9-11-13-32)37-34-22-30(16-26(5)6)19-31(23-34)17-27(7)8/h18-27,32H,9-17H2,1-8H3. The molecule has 2 aromatic carbocycles. The summed E-state index contributed by atoms with van der Waals surface area (Å²) in [6.07, 6.45) is 10.3. The van der Waals surface area contributed by atoms with Gasteiger partial charge >= 0.3 is 8.60 Å². The van der Waals surface area contributed by atoms with Crippen LogP contribution in [0.5, 0.6) is 11.5 Å². The van der Waals surface area contributed by atoms with Gasteiger partial charge in [-0.15, -0.1) is 0 Å². The molecule has 0 heterocycles. The summed E-state index contributed by atoms with van der Waals surface area (Å²) in [4.78, 5) is 0. The van der Waals surface area contributed by atoms with E-state index in [0.717, 1.165) is 50.0 Å². The van der Waals surface area contributed by atoms with E-state index in [1.165, 1.54) is 41.5 Å². The van der Waals surface area contributed by atoms with Crippen molar-refractivity contribution in [1.29, 1.82) is 0 Å². The average Bonchev–Trinajstić information content (AvgIpc) is 2.77. The molecule has 0 amide bonds. The molecule has 3 nitrogen and oxygen atoms in total. The lowest BCUT2D eigenvalue weighted by Crippen LogP contribution is -2.17. The third kappa shape index (κ3) is 11.3. The van der Waals surface area contributed by atoms with E-state index in [1.54, 1.807) is 0 Å². The summed E-state index contributed by atoms with van der Waals surface area (Å²) in [6, 6.07) is 13.5. The highest BCUT2D eigenvalue weighted by molar-refractivity contribution is 7.42. The maximum absolute atomic E-state index is 6.63. The van der Waals surface area contributed by atoms with Crippen LogP contribution < -0.4 is 9.05 Å². The van der Waals surface area contributed by atoms with Crippen molar-refractivity contribution in [2.45, 2.75) is 119 Å². The van der Waals surface area contributed by atoms with Crippen LogP contribution in [-0.2, 0) is 30.2 Å². The highest BCUT2D eigenvalue weighted by Crippen LogP contribution is 2.45. The quantitative estimate of drug-likeness (QED) is 0.223. The molecule has 212 valence electrons. The lowest BCUT2D eigenvalue weighted by Gasteiger charge is -2.26. The number of benzene rings is 2. The first kappa shape index (κ1) is 31.0. The Morgan fingerprint density at radius 3 is 1.21 bits per heavy atom. The van der Waals surface area contributed by atoms with E-state index < -0.39 is 8.60 Å². The predicted molar refractivity (Wildman–Crippen MR) is 163 cm³/mol. The third-order valence-corrected chi connectivity index (χ3v) is 7.97. The van der Waals surface area contributed by atoms with E-state index in [-0.39, 0.29) is 6.10 Å². The molecule has 0 bridgehead atoms. The van der Waals surface area contributed by atoms with E-state index >= 15 is 0 Å². The Kier molecular flexibility index (Phi) is 12.4. The zero-order chi connectivity index (χ0) is 27.7. The highest BCUT2D eigenvalue weighted by atomic mass is 31.2. The van der Waals surface area contributed by atoms with Crippen LogP contribution in [0.2, 0.25) is 0 Å². The van der Waals surface area contributed by atoms with Gasteiger partial charge in [-0.1, -0.05) is 86.8 Å². The Hall–Kier alpha value is -1.57. The minimum atomic E-state index is -1.57. The van der Waals surface area contributed by atoms with E-state index in [4.69, 9.17) is 13.6 Å². The second kappa shape index (κ2) is 15.3. The smallest absolute Gasteiger partial charge is 0.418 e. The maximum atomic E-state index is 6.63. The molecule has 1 aliphatic rings. The van der Waals surface area contributed by atoms with Crippen LogP contribution in [0.15, 0.2) is 36.4 Å². The van der Waals surface area contributed by atoms with Gasteiger partial charge in [-0.25, -0.2) is 0 Å². The summed E-state index contributed by atoms with van der Waals surface area (Å²) in [6.45, 7) is 18.2. The van der Waals surface area contributed by atoms with Gasteiger partial charge in [0.2, 0.25) is 0 Å². The van der Waals surface area contributed by atoms with Gasteiger partial charge in [-0.05, 0) is 109 Å². The van der Waals surface area contributed by atoms with Gasteiger partial charge in [0.1, 0.15) is 11.5 Å². The number of rotatable bonds is 14. The first-order valence-corrected chi connectivity index (χ1v) is 16.2. The SMILES string of the molecule is CC(C)Cc1cc(CC(C)C)cc(OP(Oc2cc(CC(C)C)cc(CC(C)C)c2)OC2CCCCC2)c1. The molecule has 38 heavy (non-hydrogen) atoms. The molecule has 0 spiro atoms. The van der Waals surface area contributed by atoms with Gasteiger partial charge in [0, 0.05) is 0 Å². The van der Waals surface area contributed by atoms with Crippen molar-refractivity contribution in [2.24, 2.45) is 23.7 Å². The molecule has 0 atom stereocenters. The lowest BCUT2D eigenvalue weighted by molar-refractivity contribution is 0.138. The first-order chi connectivity index (χ1) is 18.0. The van der Waals surface area contributed by atoms with Crippen molar-refractivity contribution in [3.05, 3.63) is 58.7 Å². The molecule has 0 aromatic heterocycles. The zero-order valence-electron chi connectivity index (χ0n) is 25.4. The van der Waals surface area contributed by atoms with Crippen molar-refractivity contribution in [3.8, 4) is 11.5 Å². The molecular formula is C34H53O3P. The largest absolute Gasteiger partial charge is 0.463 e. The average molecular weight is 541 g/mol. The fourth-order valence-corrected chi connectivity index (χ4v) is 6.58. The van der Waals surface area contributed by atoms with E-state index in [0.29, 0.717) is 23.7 Å².